The van der Waals surface area contributed by atoms with Crippen LogP contribution in [0.5, 0.6) is 0 Å². The van der Waals surface area contributed by atoms with Gasteiger partial charge in [0.05, 0.1) is 21.0 Å². The molecule has 0 bridgehead atoms. The van der Waals surface area contributed by atoms with Crippen molar-refractivity contribution in [1.29, 1.82) is 0 Å². The fraction of sp³-hybridized carbons (Fsp3) is 0.400. The van der Waals surface area contributed by atoms with Gasteiger partial charge in [-0.15, -0.1) is 0 Å². The van der Waals surface area contributed by atoms with Crippen LogP contribution in [0.1, 0.15) is 117 Å². The molecule has 4 aromatic rings. The van der Waals surface area contributed by atoms with E-state index in [9.17, 15) is 51.9 Å². The molecule has 0 saturated carbocycles. The van der Waals surface area contributed by atoms with Crippen molar-refractivity contribution < 1.29 is 93.6 Å². The van der Waals surface area contributed by atoms with E-state index in [4.69, 9.17) is 0 Å². The van der Waals surface area contributed by atoms with E-state index in [0.717, 1.165) is 73.6 Å². The normalized spacial score (nSPS) is 21.3. The first-order valence-electron chi connectivity index (χ1n) is 18.5. The Hall–Kier alpha value is -2.10. The Balaban J connectivity index is 0.000000167. The average molecular weight is 985 g/mol. The van der Waals surface area contributed by atoms with Crippen LogP contribution in [0.25, 0.3) is 0 Å². The molecule has 0 spiro atoms. The van der Waals surface area contributed by atoms with Gasteiger partial charge >= 0.3 is 41.7 Å². The molecule has 8 rings (SSSR count). The van der Waals surface area contributed by atoms with E-state index in [1.807, 2.05) is 48.5 Å². The summed E-state index contributed by atoms with van der Waals surface area (Å²) in [6.07, 6.45) is 8.48. The maximum absolute atomic E-state index is 11.0. The van der Waals surface area contributed by atoms with E-state index < -0.39 is 61.5 Å². The van der Waals surface area contributed by atoms with Crippen LogP contribution in [0.4, 0.5) is 0 Å². The minimum Gasteiger partial charge on any atom is -0.747 e. The summed E-state index contributed by atoms with van der Waals surface area (Å²) < 4.78 is 132. The zero-order valence-corrected chi connectivity index (χ0v) is 37.5. The smallest absolute Gasteiger partial charge is 0.747 e. The van der Waals surface area contributed by atoms with Crippen LogP contribution in [0.2, 0.25) is 0 Å². The number of rotatable bonds is 4. The Morgan fingerprint density at radius 3 is 0.684 bits per heavy atom. The zero-order valence-electron chi connectivity index (χ0n) is 31.1. The van der Waals surface area contributed by atoms with Gasteiger partial charge in [-0.25, -0.2) is 33.7 Å². The molecular formula is C40H44CeO12S4. The number of hydrogen-bond acceptors (Lipinski definition) is 12. The van der Waals surface area contributed by atoms with Gasteiger partial charge in [0, 0.05) is 0 Å². The number of benzene rings is 4. The Bertz CT molecular complexity index is 2100. The largest absolute Gasteiger partial charge is 4.00 e. The summed E-state index contributed by atoms with van der Waals surface area (Å²) in [5.74, 6) is 0. The minimum atomic E-state index is -4.19. The predicted molar refractivity (Wildman–Crippen MR) is 207 cm³/mol. The molecule has 4 unspecified atom stereocenters. The van der Waals surface area contributed by atoms with Gasteiger partial charge in [-0.3, -0.25) is 0 Å². The maximum Gasteiger partial charge on any atom is 4.00 e. The maximum atomic E-state index is 11.0. The van der Waals surface area contributed by atoms with Crippen LogP contribution < -0.4 is 0 Å². The van der Waals surface area contributed by atoms with Gasteiger partial charge in [0.1, 0.15) is 40.5 Å². The first-order valence-corrected chi connectivity index (χ1v) is 24.3. The van der Waals surface area contributed by atoms with Gasteiger partial charge < -0.3 is 18.2 Å². The summed E-state index contributed by atoms with van der Waals surface area (Å²) in [7, 11) is -16.8. The average Bonchev–Trinajstić information content (AvgIpc) is 3.16. The monoisotopic (exact) mass is 984 g/mol. The fourth-order valence-electron chi connectivity index (χ4n) is 8.04. The van der Waals surface area contributed by atoms with E-state index in [2.05, 4.69) is 0 Å². The van der Waals surface area contributed by atoms with Crippen molar-refractivity contribution >= 4 is 40.5 Å². The molecule has 0 aliphatic heterocycles. The number of aryl methyl sites for hydroxylation is 4. The van der Waals surface area contributed by atoms with Crippen molar-refractivity contribution in [3.8, 4) is 0 Å². The van der Waals surface area contributed by atoms with E-state index in [0.29, 0.717) is 47.9 Å². The molecule has 0 saturated heterocycles. The second-order valence-corrected chi connectivity index (χ2v) is 20.5. The van der Waals surface area contributed by atoms with Gasteiger partial charge in [-0.05, 0) is 122 Å². The Morgan fingerprint density at radius 1 is 0.333 bits per heavy atom. The van der Waals surface area contributed by atoms with E-state index in [-0.39, 0.29) is 41.7 Å². The summed E-state index contributed by atoms with van der Waals surface area (Å²) in [5.41, 5.74) is 6.82. The first kappa shape index (κ1) is 47.6. The molecule has 0 aromatic heterocycles. The summed E-state index contributed by atoms with van der Waals surface area (Å²) >= 11 is 0. The van der Waals surface area contributed by atoms with E-state index in [1.54, 1.807) is 48.5 Å². The molecule has 0 radical (unpaired) electrons. The summed E-state index contributed by atoms with van der Waals surface area (Å²) in [6, 6.07) is 29.2. The summed E-state index contributed by atoms with van der Waals surface area (Å²) in [4.78, 5) is 0. The van der Waals surface area contributed by atoms with Crippen molar-refractivity contribution in [3.05, 3.63) is 142 Å². The van der Waals surface area contributed by atoms with E-state index >= 15 is 0 Å². The quantitative estimate of drug-likeness (QED) is 0.201. The SMILES string of the molecule is O=S(=O)([O-])C1CCCc2ccccc21.O=S(=O)([O-])C1CCCc2ccccc21.O=S(=O)([O-])C1CCCc2ccccc21.O=S(=O)([O-])C1CCCc2ccccc21.[Ce+4]. The molecule has 4 atom stereocenters. The molecule has 4 aromatic carbocycles. The second-order valence-electron chi connectivity index (χ2n) is 14.3. The molecule has 4 aliphatic carbocycles. The molecule has 304 valence electrons. The molecule has 4 aliphatic rings. The fourth-order valence-corrected chi connectivity index (χ4v) is 12.0. The molecule has 0 heterocycles. The molecule has 57 heavy (non-hydrogen) atoms. The first-order chi connectivity index (χ1) is 26.4. The van der Waals surface area contributed by atoms with Crippen molar-refractivity contribution in [2.24, 2.45) is 0 Å². The third-order valence-electron chi connectivity index (χ3n) is 10.7. The molecule has 0 amide bonds. The Kier molecular flexibility index (Phi) is 17.1. The minimum absolute atomic E-state index is 0. The van der Waals surface area contributed by atoms with Gasteiger partial charge in [-0.2, -0.15) is 0 Å². The third-order valence-corrected chi connectivity index (χ3v) is 15.4. The van der Waals surface area contributed by atoms with Crippen LogP contribution in [0.3, 0.4) is 0 Å². The van der Waals surface area contributed by atoms with Gasteiger partial charge in [0.2, 0.25) is 0 Å². The molecule has 0 N–H and O–H groups in total. The van der Waals surface area contributed by atoms with Crippen molar-refractivity contribution in [2.45, 2.75) is 98.0 Å². The van der Waals surface area contributed by atoms with Crippen molar-refractivity contribution in [3.63, 3.8) is 0 Å². The zero-order chi connectivity index (χ0) is 40.7. The van der Waals surface area contributed by atoms with Crippen LogP contribution in [-0.2, 0) is 66.2 Å². The topological polar surface area (TPSA) is 229 Å². The van der Waals surface area contributed by atoms with Gasteiger partial charge in [0.25, 0.3) is 0 Å². The molecular weight excluding hydrogens is 941 g/mol. The van der Waals surface area contributed by atoms with Gasteiger partial charge in [0.15, 0.2) is 0 Å². The van der Waals surface area contributed by atoms with Crippen LogP contribution in [0.15, 0.2) is 97.1 Å². The third kappa shape index (κ3) is 12.9. The Morgan fingerprint density at radius 2 is 0.509 bits per heavy atom. The van der Waals surface area contributed by atoms with Gasteiger partial charge in [-0.1, -0.05) is 97.1 Å². The predicted octanol–water partition coefficient (Wildman–Crippen LogP) is 6.44. The number of fused-ring (bicyclic) bond motifs is 4. The Labute approximate surface area is 370 Å². The molecule has 0 fully saturated rings. The standard InChI is InChI=1S/4C10H12O3S.Ce/c4*11-14(12,13)10-7-3-5-8-4-1-2-6-9(8)10;/h4*1-2,4,6,10H,3,5,7H2,(H,11,12,13);/q;;;;+4/p-4. The van der Waals surface area contributed by atoms with Crippen LogP contribution in [0, 0.1) is 41.7 Å². The molecule has 17 heteroatoms. The van der Waals surface area contributed by atoms with Crippen LogP contribution >= 0.6 is 0 Å². The summed E-state index contributed by atoms with van der Waals surface area (Å²) in [6.45, 7) is 0. The number of hydrogen-bond donors (Lipinski definition) is 0. The second kappa shape index (κ2) is 20.4. The van der Waals surface area contributed by atoms with Crippen LogP contribution in [-0.4, -0.2) is 51.9 Å². The van der Waals surface area contributed by atoms with Crippen molar-refractivity contribution in [1.82, 2.24) is 0 Å². The summed E-state index contributed by atoms with van der Waals surface area (Å²) in [5, 5.41) is -3.31. The van der Waals surface area contributed by atoms with E-state index in [1.165, 1.54) is 0 Å². The van der Waals surface area contributed by atoms with Crippen molar-refractivity contribution in [2.75, 3.05) is 0 Å². The molecule has 12 nitrogen and oxygen atoms in total.